The van der Waals surface area contributed by atoms with Crippen molar-refractivity contribution >= 4 is 0 Å². The first-order chi connectivity index (χ1) is 9.42. The van der Waals surface area contributed by atoms with Crippen molar-refractivity contribution in [3.63, 3.8) is 0 Å². The molecule has 19 heavy (non-hydrogen) atoms. The fourth-order valence-electron chi connectivity index (χ4n) is 2.51. The summed E-state index contributed by atoms with van der Waals surface area (Å²) in [4.78, 5) is 4.72. The number of nitrogens with zero attached hydrogens (tertiary/aromatic N) is 1. The van der Waals surface area contributed by atoms with E-state index in [0.29, 0.717) is 0 Å². The standard InChI is InChI=1S/C18H13N/c1-3-7-13(8-4-1)15-11-17(19-18-12-16(15)18)14-9-5-2-6-10-14/h1-11H,12H2. The van der Waals surface area contributed by atoms with Gasteiger partial charge in [-0.25, -0.2) is 0 Å². The molecule has 0 saturated heterocycles. The van der Waals surface area contributed by atoms with Crippen LogP contribution in [0.5, 0.6) is 0 Å². The molecule has 0 aliphatic heterocycles. The maximum atomic E-state index is 4.72. The predicted octanol–water partition coefficient (Wildman–Crippen LogP) is 4.32. The van der Waals surface area contributed by atoms with Crippen molar-refractivity contribution in [3.05, 3.63) is 78.0 Å². The molecule has 1 aromatic heterocycles. The molecule has 4 rings (SSSR count). The maximum absolute atomic E-state index is 4.72. The van der Waals surface area contributed by atoms with E-state index >= 15 is 0 Å². The number of hydrogen-bond donors (Lipinski definition) is 0. The Balaban J connectivity index is 1.87. The van der Waals surface area contributed by atoms with Crippen LogP contribution in [0, 0.1) is 0 Å². The summed E-state index contributed by atoms with van der Waals surface area (Å²) >= 11 is 0. The highest BCUT2D eigenvalue weighted by Crippen LogP contribution is 2.39. The largest absolute Gasteiger partial charge is 0.252 e. The van der Waals surface area contributed by atoms with Crippen molar-refractivity contribution in [3.8, 4) is 22.4 Å². The third-order valence-electron chi connectivity index (χ3n) is 3.58. The van der Waals surface area contributed by atoms with Gasteiger partial charge in [-0.2, -0.15) is 0 Å². The summed E-state index contributed by atoms with van der Waals surface area (Å²) in [6.45, 7) is 0. The van der Waals surface area contributed by atoms with Crippen LogP contribution in [0.3, 0.4) is 0 Å². The van der Waals surface area contributed by atoms with Gasteiger partial charge in [0, 0.05) is 17.7 Å². The Morgan fingerprint density at radius 1 is 0.737 bits per heavy atom. The van der Waals surface area contributed by atoms with Crippen LogP contribution in [0.25, 0.3) is 22.4 Å². The predicted molar refractivity (Wildman–Crippen MR) is 77.9 cm³/mol. The van der Waals surface area contributed by atoms with Gasteiger partial charge in [-0.3, -0.25) is 4.98 Å². The highest BCUT2D eigenvalue weighted by atomic mass is 14.8. The molecule has 0 unspecified atom stereocenters. The van der Waals surface area contributed by atoms with Crippen LogP contribution in [0.15, 0.2) is 66.7 Å². The molecule has 0 spiro atoms. The van der Waals surface area contributed by atoms with Crippen LogP contribution in [-0.2, 0) is 6.42 Å². The molecular formula is C18H13N. The fourth-order valence-corrected chi connectivity index (χ4v) is 2.51. The molecular weight excluding hydrogens is 230 g/mol. The Labute approximate surface area is 112 Å². The zero-order valence-electron chi connectivity index (χ0n) is 10.5. The van der Waals surface area contributed by atoms with Crippen molar-refractivity contribution in [1.29, 1.82) is 0 Å². The van der Waals surface area contributed by atoms with Gasteiger partial charge in [-0.15, -0.1) is 0 Å². The molecule has 0 N–H and O–H groups in total. The summed E-state index contributed by atoms with van der Waals surface area (Å²) in [7, 11) is 0. The van der Waals surface area contributed by atoms with Gasteiger partial charge in [0.05, 0.1) is 5.69 Å². The Kier molecular flexibility index (Phi) is 2.25. The minimum absolute atomic E-state index is 1.04. The lowest BCUT2D eigenvalue weighted by atomic mass is 10.0. The molecule has 3 aromatic rings. The lowest BCUT2D eigenvalue weighted by Gasteiger charge is -2.04. The molecule has 0 fully saturated rings. The van der Waals surface area contributed by atoms with E-state index in [1.807, 2.05) is 6.07 Å². The van der Waals surface area contributed by atoms with Crippen LogP contribution in [0.1, 0.15) is 11.3 Å². The number of rotatable bonds is 2. The molecule has 0 radical (unpaired) electrons. The van der Waals surface area contributed by atoms with E-state index in [1.54, 1.807) is 0 Å². The SMILES string of the molecule is c1ccc(-c2cc(-c3ccccc3)c3c(n2)C3)cc1. The smallest absolute Gasteiger partial charge is 0.0711 e. The van der Waals surface area contributed by atoms with Crippen molar-refractivity contribution in [1.82, 2.24) is 4.98 Å². The third-order valence-corrected chi connectivity index (χ3v) is 3.58. The van der Waals surface area contributed by atoms with E-state index in [-0.39, 0.29) is 0 Å². The average molecular weight is 243 g/mol. The first-order valence-electron chi connectivity index (χ1n) is 6.55. The number of hydrogen-bond acceptors (Lipinski definition) is 1. The van der Waals surface area contributed by atoms with E-state index in [4.69, 9.17) is 4.98 Å². The maximum Gasteiger partial charge on any atom is 0.0711 e. The monoisotopic (exact) mass is 243 g/mol. The zero-order valence-corrected chi connectivity index (χ0v) is 10.5. The number of benzene rings is 2. The first-order valence-corrected chi connectivity index (χ1v) is 6.55. The lowest BCUT2D eigenvalue weighted by Crippen LogP contribution is -1.85. The summed E-state index contributed by atoms with van der Waals surface area (Å²) in [5, 5.41) is 0. The van der Waals surface area contributed by atoms with E-state index < -0.39 is 0 Å². The molecule has 0 saturated carbocycles. The van der Waals surface area contributed by atoms with Gasteiger partial charge >= 0.3 is 0 Å². The summed E-state index contributed by atoms with van der Waals surface area (Å²) in [6.07, 6.45) is 1.04. The summed E-state index contributed by atoms with van der Waals surface area (Å²) in [5.74, 6) is 0. The normalized spacial score (nSPS) is 12.0. The molecule has 1 nitrogen and oxygen atoms in total. The number of aromatic nitrogens is 1. The van der Waals surface area contributed by atoms with Gasteiger partial charge in [0.1, 0.15) is 0 Å². The molecule has 0 atom stereocenters. The van der Waals surface area contributed by atoms with Crippen molar-refractivity contribution in [2.24, 2.45) is 0 Å². The van der Waals surface area contributed by atoms with E-state index in [1.165, 1.54) is 27.9 Å². The second-order valence-electron chi connectivity index (χ2n) is 4.89. The molecule has 1 aliphatic rings. The van der Waals surface area contributed by atoms with Gasteiger partial charge in [0.25, 0.3) is 0 Å². The Morgan fingerprint density at radius 2 is 1.37 bits per heavy atom. The highest BCUT2D eigenvalue weighted by molar-refractivity contribution is 5.78. The van der Waals surface area contributed by atoms with Crippen LogP contribution in [-0.4, -0.2) is 4.98 Å². The lowest BCUT2D eigenvalue weighted by molar-refractivity contribution is 1.30. The molecule has 1 aliphatic carbocycles. The van der Waals surface area contributed by atoms with Crippen molar-refractivity contribution in [2.75, 3.05) is 0 Å². The Hall–Kier alpha value is -2.41. The van der Waals surface area contributed by atoms with Crippen LogP contribution in [0.2, 0.25) is 0 Å². The molecule has 1 heterocycles. The minimum Gasteiger partial charge on any atom is -0.252 e. The topological polar surface area (TPSA) is 12.9 Å². The molecule has 0 amide bonds. The first kappa shape index (κ1) is 10.5. The van der Waals surface area contributed by atoms with Crippen LogP contribution in [0.4, 0.5) is 0 Å². The Morgan fingerprint density at radius 3 is 2.05 bits per heavy atom. The highest BCUT2D eigenvalue weighted by Gasteiger charge is 2.25. The third kappa shape index (κ3) is 1.84. The van der Waals surface area contributed by atoms with Gasteiger partial charge < -0.3 is 0 Å². The second kappa shape index (κ2) is 4.06. The van der Waals surface area contributed by atoms with Crippen LogP contribution >= 0.6 is 0 Å². The average Bonchev–Trinajstić information content (AvgIpc) is 3.27. The fraction of sp³-hybridized carbons (Fsp3) is 0.0556. The second-order valence-corrected chi connectivity index (χ2v) is 4.89. The number of fused-ring (bicyclic) bond motifs is 1. The van der Waals surface area contributed by atoms with Gasteiger partial charge in [-0.05, 0) is 22.8 Å². The van der Waals surface area contributed by atoms with Gasteiger partial charge in [0.2, 0.25) is 0 Å². The number of pyridine rings is 1. The quantitative estimate of drug-likeness (QED) is 0.511. The summed E-state index contributed by atoms with van der Waals surface area (Å²) in [6, 6.07) is 23.2. The van der Waals surface area contributed by atoms with Crippen LogP contribution < -0.4 is 0 Å². The van der Waals surface area contributed by atoms with E-state index in [0.717, 1.165) is 12.1 Å². The minimum atomic E-state index is 1.04. The summed E-state index contributed by atoms with van der Waals surface area (Å²) < 4.78 is 0. The molecule has 90 valence electrons. The van der Waals surface area contributed by atoms with Gasteiger partial charge in [0.15, 0.2) is 0 Å². The van der Waals surface area contributed by atoms with Crippen molar-refractivity contribution in [2.45, 2.75) is 6.42 Å². The van der Waals surface area contributed by atoms with Gasteiger partial charge in [-0.1, -0.05) is 60.7 Å². The molecule has 2 aromatic carbocycles. The Bertz CT molecular complexity index is 730. The summed E-state index contributed by atoms with van der Waals surface area (Å²) in [5.41, 5.74) is 7.55. The van der Waals surface area contributed by atoms with Crippen molar-refractivity contribution < 1.29 is 0 Å². The molecule has 0 bridgehead atoms. The zero-order chi connectivity index (χ0) is 12.7. The van der Waals surface area contributed by atoms with E-state index in [9.17, 15) is 0 Å². The van der Waals surface area contributed by atoms with E-state index in [2.05, 4.69) is 60.7 Å². The molecule has 1 heteroatoms.